The molecule has 3 nitrogen and oxygen atoms in total. The van der Waals surface area contributed by atoms with Gasteiger partial charge in [0.25, 0.3) is 0 Å². The molecule has 0 spiro atoms. The topological polar surface area (TPSA) is 29.5 Å². The van der Waals surface area contributed by atoms with Crippen molar-refractivity contribution in [3.63, 3.8) is 0 Å². The summed E-state index contributed by atoms with van der Waals surface area (Å²) in [7, 11) is 0. The Morgan fingerprint density at radius 1 is 1.05 bits per heavy atom. The highest BCUT2D eigenvalue weighted by Gasteiger charge is 2.21. The predicted molar refractivity (Wildman–Crippen MR) is 92.1 cm³/mol. The Bertz CT molecular complexity index is 423. The maximum atomic E-state index is 12.3. The lowest BCUT2D eigenvalue weighted by Gasteiger charge is -2.27. The van der Waals surface area contributed by atoms with Gasteiger partial charge >= 0.3 is 6.09 Å². The van der Waals surface area contributed by atoms with Crippen LogP contribution in [-0.2, 0) is 11.2 Å². The molecule has 0 heterocycles. The van der Waals surface area contributed by atoms with Gasteiger partial charge in [0.2, 0.25) is 0 Å². The Kier molecular flexibility index (Phi) is 8.00. The number of amides is 1. The van der Waals surface area contributed by atoms with Gasteiger partial charge in [-0.15, -0.1) is 0 Å². The fourth-order valence-electron chi connectivity index (χ4n) is 2.29. The second-order valence-corrected chi connectivity index (χ2v) is 6.76. The maximum Gasteiger partial charge on any atom is 0.410 e. The minimum Gasteiger partial charge on any atom is -0.444 e. The molecule has 0 N–H and O–H groups in total. The zero-order valence-electron chi connectivity index (χ0n) is 14.6. The lowest BCUT2D eigenvalue weighted by molar-refractivity contribution is 0.0245. The smallest absolute Gasteiger partial charge is 0.410 e. The van der Waals surface area contributed by atoms with Gasteiger partial charge in [0.1, 0.15) is 5.60 Å². The lowest BCUT2D eigenvalue weighted by atomic mass is 10.1. The summed E-state index contributed by atoms with van der Waals surface area (Å²) >= 11 is 0. The van der Waals surface area contributed by atoms with E-state index in [0.717, 1.165) is 45.2 Å². The van der Waals surface area contributed by atoms with Gasteiger partial charge < -0.3 is 9.64 Å². The number of nitrogens with zero attached hydrogens (tertiary/aromatic N) is 1. The van der Waals surface area contributed by atoms with E-state index in [-0.39, 0.29) is 6.09 Å². The summed E-state index contributed by atoms with van der Waals surface area (Å²) in [5.74, 6) is 0. The number of ether oxygens (including phenoxy) is 1. The van der Waals surface area contributed by atoms with Crippen LogP contribution in [0.5, 0.6) is 0 Å². The molecule has 0 atom stereocenters. The molecule has 124 valence electrons. The second kappa shape index (κ2) is 9.50. The van der Waals surface area contributed by atoms with Crippen LogP contribution in [0.3, 0.4) is 0 Å². The van der Waals surface area contributed by atoms with E-state index >= 15 is 0 Å². The molecule has 0 unspecified atom stereocenters. The quantitative estimate of drug-likeness (QED) is 0.629. The molecule has 1 aromatic carbocycles. The van der Waals surface area contributed by atoms with Crippen LogP contribution in [0, 0.1) is 0 Å². The molecular weight excluding hydrogens is 274 g/mol. The Hall–Kier alpha value is -1.51. The first-order valence-corrected chi connectivity index (χ1v) is 8.44. The van der Waals surface area contributed by atoms with Crippen molar-refractivity contribution in [3.05, 3.63) is 35.9 Å². The molecule has 3 heteroatoms. The van der Waals surface area contributed by atoms with Gasteiger partial charge in [-0.25, -0.2) is 4.79 Å². The van der Waals surface area contributed by atoms with Crippen molar-refractivity contribution in [2.45, 2.75) is 65.4 Å². The largest absolute Gasteiger partial charge is 0.444 e. The third kappa shape index (κ3) is 8.06. The maximum absolute atomic E-state index is 12.3. The highest BCUT2D eigenvalue weighted by Crippen LogP contribution is 2.12. The van der Waals surface area contributed by atoms with E-state index in [1.54, 1.807) is 0 Å². The summed E-state index contributed by atoms with van der Waals surface area (Å²) in [4.78, 5) is 14.2. The molecule has 1 amide bonds. The van der Waals surface area contributed by atoms with E-state index in [4.69, 9.17) is 4.74 Å². The number of hydrogen-bond donors (Lipinski definition) is 0. The fraction of sp³-hybridized carbons (Fsp3) is 0.632. The first-order chi connectivity index (χ1) is 10.4. The molecule has 0 radical (unpaired) electrons. The Morgan fingerprint density at radius 2 is 1.68 bits per heavy atom. The number of aryl methyl sites for hydroxylation is 1. The number of rotatable bonds is 8. The van der Waals surface area contributed by atoms with Crippen molar-refractivity contribution < 1.29 is 9.53 Å². The van der Waals surface area contributed by atoms with Gasteiger partial charge in [-0.05, 0) is 45.6 Å². The van der Waals surface area contributed by atoms with Gasteiger partial charge in [-0.2, -0.15) is 0 Å². The van der Waals surface area contributed by atoms with Gasteiger partial charge in [-0.3, -0.25) is 0 Å². The van der Waals surface area contributed by atoms with Crippen LogP contribution in [0.15, 0.2) is 30.3 Å². The SMILES string of the molecule is CCCCCN(CCCc1ccccc1)C(=O)OC(C)(C)C. The molecule has 1 rings (SSSR count). The van der Waals surface area contributed by atoms with Crippen LogP contribution in [0.1, 0.15) is 58.9 Å². The van der Waals surface area contributed by atoms with E-state index < -0.39 is 5.60 Å². The van der Waals surface area contributed by atoms with Gasteiger partial charge in [-0.1, -0.05) is 50.1 Å². The highest BCUT2D eigenvalue weighted by molar-refractivity contribution is 5.68. The molecule has 22 heavy (non-hydrogen) atoms. The van der Waals surface area contributed by atoms with Crippen molar-refractivity contribution in [2.75, 3.05) is 13.1 Å². The Balaban J connectivity index is 2.48. The number of hydrogen-bond acceptors (Lipinski definition) is 2. The summed E-state index contributed by atoms with van der Waals surface area (Å²) in [6, 6.07) is 10.4. The monoisotopic (exact) mass is 305 g/mol. The highest BCUT2D eigenvalue weighted by atomic mass is 16.6. The zero-order chi connectivity index (χ0) is 16.4. The van der Waals surface area contributed by atoms with Crippen LogP contribution in [0.4, 0.5) is 4.79 Å². The van der Waals surface area contributed by atoms with Crippen molar-refractivity contribution in [2.24, 2.45) is 0 Å². The Labute approximate surface area is 135 Å². The second-order valence-electron chi connectivity index (χ2n) is 6.76. The minimum atomic E-state index is -0.431. The van der Waals surface area contributed by atoms with Crippen molar-refractivity contribution in [3.8, 4) is 0 Å². The average Bonchev–Trinajstić information content (AvgIpc) is 2.45. The molecule has 0 aliphatic heterocycles. The van der Waals surface area contributed by atoms with E-state index in [1.165, 1.54) is 5.56 Å². The van der Waals surface area contributed by atoms with Gasteiger partial charge in [0.05, 0.1) is 0 Å². The van der Waals surface area contributed by atoms with Crippen LogP contribution in [0.2, 0.25) is 0 Å². The molecule has 0 aliphatic rings. The standard InChI is InChI=1S/C19H31NO2/c1-5-6-10-15-20(18(21)22-19(2,3)4)16-11-14-17-12-8-7-9-13-17/h7-9,12-13H,5-6,10-11,14-16H2,1-4H3. The number of carbonyl (C=O) groups is 1. The molecule has 0 fully saturated rings. The van der Waals surface area contributed by atoms with Crippen LogP contribution in [0.25, 0.3) is 0 Å². The minimum absolute atomic E-state index is 0.184. The summed E-state index contributed by atoms with van der Waals surface area (Å²) in [5.41, 5.74) is 0.889. The fourth-order valence-corrected chi connectivity index (χ4v) is 2.29. The van der Waals surface area contributed by atoms with E-state index in [9.17, 15) is 4.79 Å². The summed E-state index contributed by atoms with van der Waals surface area (Å²) in [6.45, 7) is 9.47. The van der Waals surface area contributed by atoms with Gasteiger partial charge in [0.15, 0.2) is 0 Å². The average molecular weight is 305 g/mol. The molecule has 0 saturated carbocycles. The number of carbonyl (C=O) groups excluding carboxylic acids is 1. The van der Waals surface area contributed by atoms with E-state index in [2.05, 4.69) is 31.2 Å². The summed E-state index contributed by atoms with van der Waals surface area (Å²) in [6.07, 6.45) is 5.13. The van der Waals surface area contributed by atoms with Crippen molar-refractivity contribution >= 4 is 6.09 Å². The lowest BCUT2D eigenvalue weighted by Crippen LogP contribution is -2.38. The zero-order valence-corrected chi connectivity index (χ0v) is 14.6. The molecular formula is C19H31NO2. The Morgan fingerprint density at radius 3 is 2.27 bits per heavy atom. The van der Waals surface area contributed by atoms with E-state index in [1.807, 2.05) is 31.7 Å². The number of unbranched alkanes of at least 4 members (excludes halogenated alkanes) is 2. The molecule has 0 saturated heterocycles. The molecule has 1 aromatic rings. The molecule has 0 aliphatic carbocycles. The predicted octanol–water partition coefficient (Wildman–Crippen LogP) is 5.05. The summed E-state index contributed by atoms with van der Waals surface area (Å²) in [5, 5.41) is 0. The number of benzene rings is 1. The molecule has 0 bridgehead atoms. The van der Waals surface area contributed by atoms with Gasteiger partial charge in [0, 0.05) is 13.1 Å². The van der Waals surface area contributed by atoms with Crippen LogP contribution < -0.4 is 0 Å². The van der Waals surface area contributed by atoms with E-state index in [0.29, 0.717) is 0 Å². The van der Waals surface area contributed by atoms with Crippen molar-refractivity contribution in [1.82, 2.24) is 4.90 Å². The third-order valence-corrected chi connectivity index (χ3v) is 3.42. The normalized spacial score (nSPS) is 11.3. The van der Waals surface area contributed by atoms with Crippen LogP contribution >= 0.6 is 0 Å². The third-order valence-electron chi connectivity index (χ3n) is 3.42. The first kappa shape index (κ1) is 18.5. The van der Waals surface area contributed by atoms with Crippen molar-refractivity contribution in [1.29, 1.82) is 0 Å². The van der Waals surface area contributed by atoms with Crippen LogP contribution in [-0.4, -0.2) is 29.7 Å². The first-order valence-electron chi connectivity index (χ1n) is 8.44. The summed E-state index contributed by atoms with van der Waals surface area (Å²) < 4.78 is 5.52. The molecule has 0 aromatic heterocycles.